The number of rotatable bonds is 39. The molecule has 0 bridgehead atoms. The lowest BCUT2D eigenvalue weighted by Gasteiger charge is -2.34. The highest BCUT2D eigenvalue weighted by Gasteiger charge is 2.28. The molecule has 0 N–H and O–H groups in total. The van der Waals surface area contributed by atoms with Gasteiger partial charge in [0.05, 0.1) is 63.4 Å². The fourth-order valence-electron chi connectivity index (χ4n) is 12.3. The first-order valence-electron chi connectivity index (χ1n) is 35.7. The van der Waals surface area contributed by atoms with Gasteiger partial charge in [0.2, 0.25) is 5.88 Å². The Balaban J connectivity index is 0.000000212. The quantitative estimate of drug-likeness (QED) is 0.0406. The van der Waals surface area contributed by atoms with Crippen molar-refractivity contribution in [1.29, 1.82) is 0 Å². The molecule has 4 aliphatic rings. The zero-order valence-electron chi connectivity index (χ0n) is 56.3. The fourth-order valence-corrected chi connectivity index (χ4v) is 12.3. The van der Waals surface area contributed by atoms with Gasteiger partial charge in [-0.05, 0) is 259 Å². The van der Waals surface area contributed by atoms with E-state index in [9.17, 15) is 0 Å². The monoisotopic (exact) mass is 1210 g/mol. The van der Waals surface area contributed by atoms with Gasteiger partial charge in [0.1, 0.15) is 17.2 Å². The Labute approximate surface area is 536 Å². The number of allylic oxidation sites excluding steroid dienone is 3. The maximum atomic E-state index is 6.06. The molecule has 1 heterocycles. The maximum absolute atomic E-state index is 6.06. The van der Waals surface area contributed by atoms with Crippen LogP contribution in [0.25, 0.3) is 0 Å². The van der Waals surface area contributed by atoms with Crippen LogP contribution in [-0.4, -0.2) is 70.0 Å². The second-order valence-electron chi connectivity index (χ2n) is 26.4. The van der Waals surface area contributed by atoms with Gasteiger partial charge in [0, 0.05) is 38.3 Å². The van der Waals surface area contributed by atoms with Crippen LogP contribution in [0.15, 0.2) is 115 Å². The van der Waals surface area contributed by atoms with Crippen LogP contribution in [0.3, 0.4) is 0 Å². The lowest BCUT2D eigenvalue weighted by molar-refractivity contribution is -0.00836. The average Bonchev–Trinajstić information content (AvgIpc) is 3.76. The Morgan fingerprint density at radius 2 is 0.795 bits per heavy atom. The molecule has 4 aliphatic carbocycles. The first-order valence-corrected chi connectivity index (χ1v) is 35.7. The molecule has 1 aromatic heterocycles. The zero-order valence-corrected chi connectivity index (χ0v) is 56.3. The number of nitrogens with zero attached hydrogens (tertiary/aromatic N) is 1. The van der Waals surface area contributed by atoms with Crippen molar-refractivity contribution in [3.8, 4) is 23.1 Å². The van der Waals surface area contributed by atoms with Gasteiger partial charge in [-0.15, -0.1) is 0 Å². The predicted molar refractivity (Wildman–Crippen MR) is 365 cm³/mol. The average molecular weight is 1210 g/mol. The molecule has 2 atom stereocenters. The van der Waals surface area contributed by atoms with E-state index in [4.69, 9.17) is 37.9 Å². The summed E-state index contributed by atoms with van der Waals surface area (Å²) < 4.78 is 47.2. The summed E-state index contributed by atoms with van der Waals surface area (Å²) in [4.78, 5) is 4.42. The normalized spacial score (nSPS) is 20.0. The van der Waals surface area contributed by atoms with Gasteiger partial charge in [-0.2, -0.15) is 0 Å². The van der Waals surface area contributed by atoms with Crippen molar-refractivity contribution < 1.29 is 37.9 Å². The summed E-state index contributed by atoms with van der Waals surface area (Å²) >= 11 is 0. The number of aryl methyl sites for hydroxylation is 4. The van der Waals surface area contributed by atoms with Gasteiger partial charge in [0.15, 0.2) is 0 Å². The molecular weight excluding hydrogens is 1090 g/mol. The highest BCUT2D eigenvalue weighted by atomic mass is 16.5. The van der Waals surface area contributed by atoms with Crippen molar-refractivity contribution in [1.82, 2.24) is 4.98 Å². The van der Waals surface area contributed by atoms with E-state index in [-0.39, 0.29) is 0 Å². The highest BCUT2D eigenvalue weighted by molar-refractivity contribution is 5.28. The Kier molecular flexibility index (Phi) is 37.1. The van der Waals surface area contributed by atoms with Gasteiger partial charge in [-0.25, -0.2) is 4.98 Å². The molecule has 0 aliphatic heterocycles. The van der Waals surface area contributed by atoms with Gasteiger partial charge >= 0.3 is 0 Å². The number of aromatic nitrogens is 1. The topological polar surface area (TPSA) is 86.7 Å². The van der Waals surface area contributed by atoms with Crippen LogP contribution in [0.4, 0.5) is 0 Å². The molecule has 4 aromatic rings. The predicted octanol–water partition coefficient (Wildman–Crippen LogP) is 21.4. The molecule has 8 rings (SSSR count). The maximum Gasteiger partial charge on any atom is 0.213 e. The molecule has 0 spiro atoms. The number of ether oxygens (including phenoxy) is 8. The van der Waals surface area contributed by atoms with E-state index in [0.717, 1.165) is 182 Å². The number of benzene rings is 3. The highest BCUT2D eigenvalue weighted by Crippen LogP contribution is 2.40. The molecule has 88 heavy (non-hydrogen) atoms. The smallest absolute Gasteiger partial charge is 0.213 e. The molecule has 9 heteroatoms. The van der Waals surface area contributed by atoms with E-state index in [0.29, 0.717) is 12.2 Å². The van der Waals surface area contributed by atoms with Crippen molar-refractivity contribution in [3.05, 3.63) is 137 Å². The summed E-state index contributed by atoms with van der Waals surface area (Å²) in [7, 11) is 0. The van der Waals surface area contributed by atoms with E-state index in [1.165, 1.54) is 156 Å². The van der Waals surface area contributed by atoms with E-state index < -0.39 is 0 Å². The van der Waals surface area contributed by atoms with Gasteiger partial charge in [-0.1, -0.05) is 112 Å². The fraction of sp³-hybridized carbons (Fsp3) is 0.658. The molecule has 0 radical (unpaired) electrons. The third-order valence-electron chi connectivity index (χ3n) is 18.3. The van der Waals surface area contributed by atoms with E-state index in [1.54, 1.807) is 0 Å². The van der Waals surface area contributed by atoms with E-state index >= 15 is 0 Å². The first kappa shape index (κ1) is 72.1. The third-order valence-corrected chi connectivity index (χ3v) is 18.3. The van der Waals surface area contributed by atoms with Crippen LogP contribution in [-0.2, 0) is 25.4 Å². The summed E-state index contributed by atoms with van der Waals surface area (Å²) in [5.74, 6) is 9.84. The number of unbranched alkanes of at least 4 members (excludes halogenated alkanes) is 12. The van der Waals surface area contributed by atoms with Crippen LogP contribution >= 0.6 is 0 Å². The van der Waals surface area contributed by atoms with Crippen molar-refractivity contribution >= 4 is 0 Å². The zero-order chi connectivity index (χ0) is 61.9. The van der Waals surface area contributed by atoms with Crippen LogP contribution in [0.5, 0.6) is 23.1 Å². The Bertz CT molecular complexity index is 2390. The molecule has 9 nitrogen and oxygen atoms in total. The second-order valence-corrected chi connectivity index (χ2v) is 26.4. The van der Waals surface area contributed by atoms with Crippen LogP contribution < -0.4 is 18.9 Å². The summed E-state index contributed by atoms with van der Waals surface area (Å²) in [6, 6.07) is 29.0. The van der Waals surface area contributed by atoms with Crippen molar-refractivity contribution in [2.24, 2.45) is 23.7 Å². The largest absolute Gasteiger partial charge is 0.498 e. The third kappa shape index (κ3) is 32.7. The van der Waals surface area contributed by atoms with E-state index in [1.807, 2.05) is 36.5 Å². The number of pyridine rings is 1. The molecule has 2 unspecified atom stereocenters. The molecule has 0 saturated heterocycles. The molecule has 2 fully saturated rings. The Hall–Kier alpha value is -4.99. The van der Waals surface area contributed by atoms with Gasteiger partial charge in [-0.3, -0.25) is 0 Å². The standard InChI is InChI=1S/C29H46O4.C26H40O2.C24H35NO2/c1-24-8-12-26(13-9-24)30-20-5-3-4-6-21-31-28-16-18-29(19-17-28)33-23-7-22-32-27-14-10-25(2)11-15-27;1-21-7-11-23(12-8-21)24-13-17-26(18-14-24)28-20-6-4-3-5-19-27-25-15-9-22(2)10-16-25;1-3-4-5-8-11-22-14-17-24(25-20-22)27-19-10-7-6-9-18-26-23-15-12-21(2)13-16-23/h8-9,12-13,16,25,27,29H,3-7,10-11,14-15,17-23H2,1-2H3;9-10,15-17,21,23-24H,3-8,11-14,18-20H2,1-2H3;12-17,20H,3-11,18-19H2,1-2H3. The van der Waals surface area contributed by atoms with Crippen LogP contribution in [0.2, 0.25) is 0 Å². The Morgan fingerprint density at radius 1 is 0.364 bits per heavy atom. The van der Waals surface area contributed by atoms with Crippen LogP contribution in [0, 0.1) is 44.4 Å². The molecule has 2 saturated carbocycles. The molecular formula is C79H121NO8. The molecule has 0 amide bonds. The Morgan fingerprint density at radius 3 is 1.23 bits per heavy atom. The van der Waals surface area contributed by atoms with Crippen molar-refractivity contribution in [2.75, 3.05) is 52.9 Å². The summed E-state index contributed by atoms with van der Waals surface area (Å²) in [5, 5.41) is 0. The van der Waals surface area contributed by atoms with Crippen molar-refractivity contribution in [2.45, 2.75) is 259 Å². The lowest BCUT2D eigenvalue weighted by Crippen LogP contribution is -2.22. The van der Waals surface area contributed by atoms with E-state index in [2.05, 4.69) is 113 Å². The second kappa shape index (κ2) is 45.3. The number of hydrogen-bond acceptors (Lipinski definition) is 9. The first-order chi connectivity index (χ1) is 43.2. The lowest BCUT2D eigenvalue weighted by atomic mass is 9.72. The minimum Gasteiger partial charge on any atom is -0.498 e. The molecule has 3 aromatic carbocycles. The SMILES string of the molecule is CCCCCCc1ccc(OCCCCCCOc2ccc(C)cc2)nc1.Cc1ccc(OCCCCCCOC2=CCC(C3CCC(C)CC3)CC2)cc1.Cc1ccc(OCCCCCCOC2=CCC(OCCCOC3CCC(C)CC3)CC2)cc1. The van der Waals surface area contributed by atoms with Gasteiger partial charge < -0.3 is 37.9 Å². The summed E-state index contributed by atoms with van der Waals surface area (Å²) in [6.07, 6.45) is 46.3. The summed E-state index contributed by atoms with van der Waals surface area (Å²) in [6.45, 7) is 19.8. The van der Waals surface area contributed by atoms with Crippen LogP contribution in [0.1, 0.15) is 242 Å². The van der Waals surface area contributed by atoms with Crippen molar-refractivity contribution in [3.63, 3.8) is 0 Å². The summed E-state index contributed by atoms with van der Waals surface area (Å²) in [5.41, 5.74) is 5.12. The molecule has 490 valence electrons. The van der Waals surface area contributed by atoms with Gasteiger partial charge in [0.25, 0.3) is 0 Å². The minimum absolute atomic E-state index is 0.349. The minimum atomic E-state index is 0.349. The number of hydrogen-bond donors (Lipinski definition) is 0.